The molecule has 1 fully saturated rings. The number of carbonyl (C=O) groups excluding carboxylic acids is 1. The largest absolute Gasteiger partial charge is 0.508 e. The third-order valence-electron chi connectivity index (χ3n) is 5.78. The molecule has 2 heterocycles. The maximum absolute atomic E-state index is 12.7. The summed E-state index contributed by atoms with van der Waals surface area (Å²) in [4.78, 5) is 20.8. The Balaban J connectivity index is 1.43. The Hall–Kier alpha value is -3.03. The van der Waals surface area contributed by atoms with Crippen LogP contribution >= 0.6 is 0 Å². The molecule has 0 unspecified atom stereocenters. The van der Waals surface area contributed by atoms with Crippen molar-refractivity contribution in [3.63, 3.8) is 0 Å². The van der Waals surface area contributed by atoms with Crippen LogP contribution in [0.3, 0.4) is 0 Å². The maximum Gasteiger partial charge on any atom is 0.246 e. The van der Waals surface area contributed by atoms with Gasteiger partial charge in [-0.15, -0.1) is 0 Å². The van der Waals surface area contributed by atoms with Gasteiger partial charge in [-0.3, -0.25) is 14.5 Å². The number of phenolic OH excluding ortho intramolecular Hbond substituents is 1. The van der Waals surface area contributed by atoms with E-state index in [1.54, 1.807) is 28.9 Å². The first kappa shape index (κ1) is 19.3. The number of rotatable bonds is 3. The summed E-state index contributed by atoms with van der Waals surface area (Å²) < 4.78 is 1.70. The van der Waals surface area contributed by atoms with E-state index >= 15 is 0 Å². The molecule has 4 rings (SSSR count). The van der Waals surface area contributed by atoms with Gasteiger partial charge in [0.05, 0.1) is 11.9 Å². The normalized spacial score (nSPS) is 17.4. The van der Waals surface area contributed by atoms with Crippen molar-refractivity contribution in [3.05, 3.63) is 41.2 Å². The van der Waals surface area contributed by atoms with Gasteiger partial charge in [0, 0.05) is 45.5 Å². The van der Waals surface area contributed by atoms with Crippen molar-refractivity contribution in [2.75, 3.05) is 31.6 Å². The van der Waals surface area contributed by atoms with Gasteiger partial charge < -0.3 is 20.2 Å². The van der Waals surface area contributed by atoms with Gasteiger partial charge in [-0.25, -0.2) is 0 Å². The first-order chi connectivity index (χ1) is 14.1. The van der Waals surface area contributed by atoms with Crippen molar-refractivity contribution in [1.29, 1.82) is 0 Å². The topological polar surface area (TPSA) is 86.0 Å². The summed E-state index contributed by atoms with van der Waals surface area (Å²) in [6, 6.07) is 3.83. The molecule has 0 radical (unpaired) electrons. The van der Waals surface area contributed by atoms with Crippen LogP contribution in [-0.4, -0.2) is 58.3 Å². The van der Waals surface area contributed by atoms with E-state index < -0.39 is 0 Å². The Morgan fingerprint density at radius 1 is 1.28 bits per heavy atom. The van der Waals surface area contributed by atoms with Crippen LogP contribution in [0.4, 0.5) is 5.69 Å². The van der Waals surface area contributed by atoms with Gasteiger partial charge in [-0.05, 0) is 42.9 Å². The van der Waals surface area contributed by atoms with E-state index in [2.05, 4.69) is 15.4 Å². The van der Waals surface area contributed by atoms with Crippen molar-refractivity contribution in [3.8, 4) is 5.75 Å². The number of aliphatic imine (C=N–C) groups is 1. The molecule has 0 spiro atoms. The Kier molecular flexibility index (Phi) is 5.42. The summed E-state index contributed by atoms with van der Waals surface area (Å²) >= 11 is 0. The van der Waals surface area contributed by atoms with Crippen molar-refractivity contribution < 1.29 is 9.90 Å². The number of carbonyl (C=O) groups is 1. The Labute approximate surface area is 170 Å². The molecular formula is C21H28N6O2. The van der Waals surface area contributed by atoms with Crippen LogP contribution < -0.4 is 10.2 Å². The highest BCUT2D eigenvalue weighted by atomic mass is 16.3. The number of aryl methyl sites for hydroxylation is 2. The van der Waals surface area contributed by atoms with E-state index in [1.165, 1.54) is 17.5 Å². The highest BCUT2D eigenvalue weighted by Crippen LogP contribution is 2.30. The summed E-state index contributed by atoms with van der Waals surface area (Å²) in [5.41, 5.74) is 4.36. The first-order valence-corrected chi connectivity index (χ1v) is 10.1. The highest BCUT2D eigenvalue weighted by Gasteiger charge is 2.28. The molecule has 8 nitrogen and oxygen atoms in total. The fourth-order valence-electron chi connectivity index (χ4n) is 4.26. The molecule has 0 saturated carbocycles. The van der Waals surface area contributed by atoms with Crippen LogP contribution in [0.15, 0.2) is 29.5 Å². The number of phenols is 1. The van der Waals surface area contributed by atoms with Crippen molar-refractivity contribution >= 4 is 17.6 Å². The molecule has 2 aromatic rings. The number of benzene rings is 1. The summed E-state index contributed by atoms with van der Waals surface area (Å²) in [5, 5.41) is 17.9. The minimum Gasteiger partial charge on any atom is -0.508 e. The van der Waals surface area contributed by atoms with Gasteiger partial charge >= 0.3 is 0 Å². The third-order valence-corrected chi connectivity index (χ3v) is 5.78. The fourth-order valence-corrected chi connectivity index (χ4v) is 4.26. The monoisotopic (exact) mass is 396 g/mol. The Morgan fingerprint density at radius 2 is 2.10 bits per heavy atom. The van der Waals surface area contributed by atoms with Crippen LogP contribution in [0.1, 0.15) is 29.5 Å². The lowest BCUT2D eigenvalue weighted by Gasteiger charge is -2.35. The molecule has 2 aliphatic rings. The first-order valence-electron chi connectivity index (χ1n) is 10.1. The Morgan fingerprint density at radius 3 is 2.83 bits per heavy atom. The molecular weight excluding hydrogens is 368 g/mol. The second kappa shape index (κ2) is 8.14. The zero-order valence-corrected chi connectivity index (χ0v) is 17.1. The summed E-state index contributed by atoms with van der Waals surface area (Å²) in [7, 11) is 3.56. The molecule has 1 aliphatic heterocycles. The zero-order valence-electron chi connectivity index (χ0n) is 17.1. The predicted molar refractivity (Wildman–Crippen MR) is 112 cm³/mol. The van der Waals surface area contributed by atoms with E-state index in [9.17, 15) is 9.90 Å². The third kappa shape index (κ3) is 3.92. The van der Waals surface area contributed by atoms with E-state index in [0.717, 1.165) is 30.5 Å². The van der Waals surface area contributed by atoms with Crippen LogP contribution in [-0.2, 0) is 31.2 Å². The number of nitrogens with zero attached hydrogens (tertiary/aromatic N) is 5. The molecule has 1 aromatic heterocycles. The molecule has 1 aromatic carbocycles. The molecule has 0 bridgehead atoms. The number of hydrogen-bond donors (Lipinski definition) is 2. The van der Waals surface area contributed by atoms with Gasteiger partial charge in [0.15, 0.2) is 5.96 Å². The number of piperazine rings is 1. The van der Waals surface area contributed by atoms with E-state index in [0.29, 0.717) is 31.3 Å². The van der Waals surface area contributed by atoms with Crippen molar-refractivity contribution in [2.45, 2.75) is 32.2 Å². The predicted octanol–water partition coefficient (Wildman–Crippen LogP) is 1.43. The minimum atomic E-state index is 0.0205. The second-order valence-corrected chi connectivity index (χ2v) is 7.65. The zero-order chi connectivity index (χ0) is 20.4. The summed E-state index contributed by atoms with van der Waals surface area (Å²) in [6.07, 6.45) is 7.99. The number of amides is 1. The van der Waals surface area contributed by atoms with E-state index in [4.69, 9.17) is 0 Å². The summed E-state index contributed by atoms with van der Waals surface area (Å²) in [6.45, 7) is 2.02. The van der Waals surface area contributed by atoms with Gasteiger partial charge in [0.1, 0.15) is 12.3 Å². The molecule has 1 aliphatic carbocycles. The minimum absolute atomic E-state index is 0.0205. The number of anilines is 1. The lowest BCUT2D eigenvalue weighted by molar-refractivity contribution is -0.120. The van der Waals surface area contributed by atoms with Crippen LogP contribution in [0.5, 0.6) is 5.75 Å². The number of nitrogens with one attached hydrogen (secondary N) is 1. The van der Waals surface area contributed by atoms with E-state index in [1.807, 2.05) is 24.2 Å². The van der Waals surface area contributed by atoms with Crippen LogP contribution in [0, 0.1) is 0 Å². The number of aromatic hydroxyl groups is 1. The lowest BCUT2D eigenvalue weighted by Crippen LogP contribution is -2.55. The fraction of sp³-hybridized carbons (Fsp3) is 0.476. The lowest BCUT2D eigenvalue weighted by atomic mass is 9.88. The van der Waals surface area contributed by atoms with Crippen molar-refractivity contribution in [1.82, 2.24) is 20.0 Å². The molecule has 8 heteroatoms. The number of aromatic nitrogens is 2. The smallest absolute Gasteiger partial charge is 0.246 e. The molecule has 1 saturated heterocycles. The van der Waals surface area contributed by atoms with Gasteiger partial charge in [-0.1, -0.05) is 6.07 Å². The highest BCUT2D eigenvalue weighted by molar-refractivity contribution is 5.98. The maximum atomic E-state index is 12.7. The quantitative estimate of drug-likeness (QED) is 0.606. The number of guanidine groups is 1. The number of fused-ring (bicyclic) bond motifs is 1. The van der Waals surface area contributed by atoms with Gasteiger partial charge in [0.25, 0.3) is 0 Å². The average molecular weight is 396 g/mol. The van der Waals surface area contributed by atoms with Crippen LogP contribution in [0.2, 0.25) is 0 Å². The molecule has 2 N–H and O–H groups in total. The summed E-state index contributed by atoms with van der Waals surface area (Å²) in [5.74, 6) is 1.02. The molecule has 0 atom stereocenters. The average Bonchev–Trinajstić information content (AvgIpc) is 3.16. The van der Waals surface area contributed by atoms with Gasteiger partial charge in [0.2, 0.25) is 5.91 Å². The Bertz CT molecular complexity index is 935. The molecule has 29 heavy (non-hydrogen) atoms. The van der Waals surface area contributed by atoms with E-state index in [-0.39, 0.29) is 12.5 Å². The van der Waals surface area contributed by atoms with Gasteiger partial charge in [-0.2, -0.15) is 5.10 Å². The second-order valence-electron chi connectivity index (χ2n) is 7.65. The molecule has 154 valence electrons. The number of hydrogen-bond acceptors (Lipinski definition) is 4. The standard InChI is InChI=1S/C21H28N6O2/c1-22-21(23-12-18-17-6-4-3-5-15(17)7-8-19(18)28)26-9-10-27(20(29)14-26)16-11-24-25(2)13-16/h7-8,11,13,28H,3-6,9-10,12,14H2,1-2H3,(H,22,23). The molecule has 1 amide bonds. The van der Waals surface area contributed by atoms with Crippen molar-refractivity contribution in [2.24, 2.45) is 12.0 Å². The van der Waals surface area contributed by atoms with Crippen LogP contribution in [0.25, 0.3) is 0 Å². The SMILES string of the molecule is CN=C(NCc1c(O)ccc2c1CCCC2)N1CCN(c2cnn(C)c2)C(=O)C1.